The van der Waals surface area contributed by atoms with Gasteiger partial charge in [-0.2, -0.15) is 0 Å². The van der Waals surface area contributed by atoms with Gasteiger partial charge in [-0.15, -0.1) is 11.3 Å². The molecule has 0 aliphatic rings. The fourth-order valence-electron chi connectivity index (χ4n) is 1.68. The first-order valence-electron chi connectivity index (χ1n) is 5.78. The van der Waals surface area contributed by atoms with Crippen LogP contribution < -0.4 is 5.32 Å². The number of hydrogen-bond donors (Lipinski definition) is 1. The molecule has 4 nitrogen and oxygen atoms in total. The van der Waals surface area contributed by atoms with Gasteiger partial charge in [0.15, 0.2) is 0 Å². The van der Waals surface area contributed by atoms with Gasteiger partial charge in [-0.05, 0) is 29.3 Å². The summed E-state index contributed by atoms with van der Waals surface area (Å²) in [5.41, 5.74) is 2.06. The highest BCUT2D eigenvalue weighted by Gasteiger charge is 2.11. The number of nitrogens with zero attached hydrogens (tertiary/aromatic N) is 3. The number of nitrogens with one attached hydrogen (secondary N) is 1. The van der Waals surface area contributed by atoms with Gasteiger partial charge in [0, 0.05) is 12.4 Å². The van der Waals surface area contributed by atoms with Crippen molar-refractivity contribution in [2.75, 3.05) is 12.4 Å². The van der Waals surface area contributed by atoms with Crippen molar-refractivity contribution in [2.45, 2.75) is 26.7 Å². The highest BCUT2D eigenvalue weighted by Crippen LogP contribution is 2.24. The molecule has 0 spiro atoms. The van der Waals surface area contributed by atoms with Crippen LogP contribution in [0.2, 0.25) is 0 Å². The topological polar surface area (TPSA) is 50.7 Å². The third kappa shape index (κ3) is 2.87. The van der Waals surface area contributed by atoms with Gasteiger partial charge >= 0.3 is 0 Å². The first-order valence-corrected chi connectivity index (χ1v) is 7.45. The van der Waals surface area contributed by atoms with Gasteiger partial charge < -0.3 is 5.32 Å². The number of rotatable bonds is 4. The van der Waals surface area contributed by atoms with E-state index in [0.717, 1.165) is 38.9 Å². The maximum atomic E-state index is 4.57. The Morgan fingerprint density at radius 2 is 2.11 bits per heavy atom. The average Bonchev–Trinajstić information content (AvgIpc) is 2.76. The molecule has 96 valence electrons. The lowest BCUT2D eigenvalue weighted by molar-refractivity contribution is 0.885. The average molecular weight is 327 g/mol. The minimum Gasteiger partial charge on any atom is -0.372 e. The van der Waals surface area contributed by atoms with E-state index in [-0.39, 0.29) is 0 Å². The molecule has 2 rings (SSSR count). The maximum Gasteiger partial charge on any atom is 0.144 e. The van der Waals surface area contributed by atoms with Crippen LogP contribution in [0.5, 0.6) is 0 Å². The second-order valence-electron chi connectivity index (χ2n) is 3.89. The molecule has 2 aromatic rings. The van der Waals surface area contributed by atoms with E-state index < -0.39 is 0 Å². The van der Waals surface area contributed by atoms with E-state index in [2.05, 4.69) is 48.5 Å². The molecule has 0 amide bonds. The second-order valence-corrected chi connectivity index (χ2v) is 5.74. The lowest BCUT2D eigenvalue weighted by Gasteiger charge is -2.09. The summed E-state index contributed by atoms with van der Waals surface area (Å²) in [5.74, 6) is 1.65. The van der Waals surface area contributed by atoms with Crippen LogP contribution in [-0.2, 0) is 12.8 Å². The predicted molar refractivity (Wildman–Crippen MR) is 78.3 cm³/mol. The van der Waals surface area contributed by atoms with Gasteiger partial charge in [0.25, 0.3) is 0 Å². The highest BCUT2D eigenvalue weighted by atomic mass is 79.9. The van der Waals surface area contributed by atoms with Crippen molar-refractivity contribution in [3.63, 3.8) is 0 Å². The minimum atomic E-state index is 0.680. The lowest BCUT2D eigenvalue weighted by Crippen LogP contribution is -2.06. The third-order valence-electron chi connectivity index (χ3n) is 2.54. The Labute approximate surface area is 119 Å². The second kappa shape index (κ2) is 5.75. The first kappa shape index (κ1) is 13.4. The molecular formula is C12H15BrN4S. The summed E-state index contributed by atoms with van der Waals surface area (Å²) in [7, 11) is 1.86. The number of thiazole rings is 1. The Morgan fingerprint density at radius 1 is 1.33 bits per heavy atom. The molecule has 0 atom stereocenters. The fourth-order valence-corrected chi connectivity index (χ4v) is 2.94. The summed E-state index contributed by atoms with van der Waals surface area (Å²) in [6.45, 7) is 4.09. The number of aryl methyl sites for hydroxylation is 2. The van der Waals surface area contributed by atoms with Gasteiger partial charge in [-0.3, -0.25) is 0 Å². The minimum absolute atomic E-state index is 0.680. The molecule has 0 saturated carbocycles. The molecule has 18 heavy (non-hydrogen) atoms. The largest absolute Gasteiger partial charge is 0.372 e. The third-order valence-corrected chi connectivity index (χ3v) is 4.20. The van der Waals surface area contributed by atoms with E-state index >= 15 is 0 Å². The summed E-state index contributed by atoms with van der Waals surface area (Å²) < 4.78 is 0.950. The Balaban J connectivity index is 2.33. The van der Waals surface area contributed by atoms with Gasteiger partial charge in [0.1, 0.15) is 11.6 Å². The van der Waals surface area contributed by atoms with Crippen LogP contribution >= 0.6 is 27.3 Å². The van der Waals surface area contributed by atoms with Gasteiger partial charge in [0.2, 0.25) is 0 Å². The van der Waals surface area contributed by atoms with Crippen molar-refractivity contribution in [3.8, 4) is 0 Å². The van der Waals surface area contributed by atoms with Crippen LogP contribution in [0.1, 0.15) is 29.1 Å². The summed E-state index contributed by atoms with van der Waals surface area (Å²) in [4.78, 5) is 13.5. The Morgan fingerprint density at radius 3 is 2.67 bits per heavy atom. The van der Waals surface area contributed by atoms with E-state index in [1.807, 2.05) is 14.0 Å². The predicted octanol–water partition coefficient (Wildman–Crippen LogP) is 3.20. The Hall–Kier alpha value is -1.01. The molecule has 0 aliphatic carbocycles. The van der Waals surface area contributed by atoms with Gasteiger partial charge in [-0.1, -0.05) is 6.92 Å². The van der Waals surface area contributed by atoms with E-state index in [1.165, 1.54) is 0 Å². The molecule has 0 radical (unpaired) electrons. The smallest absolute Gasteiger partial charge is 0.144 e. The standard InChI is InChI=1S/C12H15BrN4S/c1-4-9-11(13)12(14-3)17-10(16-9)5-8-6-18-7(2)15-8/h6H,4-5H2,1-3H3,(H,14,16,17). The molecule has 0 bridgehead atoms. The zero-order valence-corrected chi connectivity index (χ0v) is 13.0. The van der Waals surface area contributed by atoms with Crippen molar-refractivity contribution in [3.05, 3.63) is 32.1 Å². The van der Waals surface area contributed by atoms with Crippen molar-refractivity contribution < 1.29 is 0 Å². The van der Waals surface area contributed by atoms with Crippen LogP contribution in [0, 0.1) is 6.92 Å². The first-order chi connectivity index (χ1) is 8.63. The fraction of sp³-hybridized carbons (Fsp3) is 0.417. The Kier molecular flexibility index (Phi) is 4.29. The number of halogens is 1. The lowest BCUT2D eigenvalue weighted by atomic mass is 10.2. The molecule has 2 heterocycles. The SMILES string of the molecule is CCc1nc(Cc2csc(C)n2)nc(NC)c1Br. The van der Waals surface area contributed by atoms with Gasteiger partial charge in [0.05, 0.1) is 27.3 Å². The normalized spacial score (nSPS) is 10.7. The molecule has 0 fully saturated rings. The monoisotopic (exact) mass is 326 g/mol. The number of aromatic nitrogens is 3. The summed E-state index contributed by atoms with van der Waals surface area (Å²) in [5, 5.41) is 6.22. The number of hydrogen-bond acceptors (Lipinski definition) is 5. The molecule has 0 aliphatic heterocycles. The van der Waals surface area contributed by atoms with Crippen molar-refractivity contribution in [2.24, 2.45) is 0 Å². The molecular weight excluding hydrogens is 312 g/mol. The van der Waals surface area contributed by atoms with E-state index in [9.17, 15) is 0 Å². The van der Waals surface area contributed by atoms with Crippen molar-refractivity contribution >= 4 is 33.1 Å². The van der Waals surface area contributed by atoms with Crippen molar-refractivity contribution in [1.82, 2.24) is 15.0 Å². The molecule has 0 unspecified atom stereocenters. The summed E-state index contributed by atoms with van der Waals surface area (Å²) >= 11 is 5.18. The summed E-state index contributed by atoms with van der Waals surface area (Å²) in [6, 6.07) is 0. The molecule has 6 heteroatoms. The zero-order chi connectivity index (χ0) is 13.1. The van der Waals surface area contributed by atoms with Crippen molar-refractivity contribution in [1.29, 1.82) is 0 Å². The van der Waals surface area contributed by atoms with E-state index in [1.54, 1.807) is 11.3 Å². The zero-order valence-electron chi connectivity index (χ0n) is 10.6. The van der Waals surface area contributed by atoms with Crippen LogP contribution in [-0.4, -0.2) is 22.0 Å². The van der Waals surface area contributed by atoms with E-state index in [4.69, 9.17) is 0 Å². The molecule has 0 saturated heterocycles. The van der Waals surface area contributed by atoms with Gasteiger partial charge in [-0.25, -0.2) is 15.0 Å². The molecule has 2 aromatic heterocycles. The molecule has 0 aromatic carbocycles. The van der Waals surface area contributed by atoms with Crippen LogP contribution in [0.4, 0.5) is 5.82 Å². The maximum absolute atomic E-state index is 4.57. The molecule has 1 N–H and O–H groups in total. The van der Waals surface area contributed by atoms with Crippen LogP contribution in [0.15, 0.2) is 9.85 Å². The summed E-state index contributed by atoms with van der Waals surface area (Å²) in [6.07, 6.45) is 1.56. The number of anilines is 1. The van der Waals surface area contributed by atoms with Crippen LogP contribution in [0.25, 0.3) is 0 Å². The Bertz CT molecular complexity index is 528. The van der Waals surface area contributed by atoms with E-state index in [0.29, 0.717) is 6.42 Å². The quantitative estimate of drug-likeness (QED) is 0.937. The highest BCUT2D eigenvalue weighted by molar-refractivity contribution is 9.10. The van der Waals surface area contributed by atoms with Crippen LogP contribution in [0.3, 0.4) is 0 Å².